The molecule has 5 heteroatoms. The molecule has 0 saturated carbocycles. The van der Waals surface area contributed by atoms with Crippen LogP contribution in [0.2, 0.25) is 0 Å². The van der Waals surface area contributed by atoms with E-state index in [9.17, 15) is 4.79 Å². The number of carbonyl (C=O) groups is 1. The van der Waals surface area contributed by atoms with Crippen molar-refractivity contribution >= 4 is 28.3 Å². The van der Waals surface area contributed by atoms with Crippen LogP contribution in [0.1, 0.15) is 25.3 Å². The van der Waals surface area contributed by atoms with Crippen LogP contribution >= 0.6 is 11.8 Å². The first-order valence-electron chi connectivity index (χ1n) is 8.04. The second kappa shape index (κ2) is 7.23. The summed E-state index contributed by atoms with van der Waals surface area (Å²) in [4.78, 5) is 15.8. The molecule has 1 aromatic rings. The zero-order valence-electron chi connectivity index (χ0n) is 13.3. The number of nitrogen functional groups attached to an aromatic ring is 1. The number of rotatable bonds is 4. The van der Waals surface area contributed by atoms with Gasteiger partial charge in [0.1, 0.15) is 0 Å². The van der Waals surface area contributed by atoms with Crippen molar-refractivity contribution in [1.29, 1.82) is 0 Å². The third-order valence-corrected chi connectivity index (χ3v) is 5.18. The minimum Gasteiger partial charge on any atom is -0.463 e. The Balaban J connectivity index is 1.88. The maximum atomic E-state index is 12.3. The summed E-state index contributed by atoms with van der Waals surface area (Å²) in [5.41, 5.74) is 8.41. The van der Waals surface area contributed by atoms with E-state index in [1.807, 2.05) is 36.6 Å². The van der Waals surface area contributed by atoms with Crippen molar-refractivity contribution in [3.63, 3.8) is 0 Å². The molecule has 2 aliphatic heterocycles. The fraction of sp³-hybridized carbons (Fsp3) is 0.389. The number of likely N-dealkylation sites (tertiary alicyclic amines) is 1. The molecule has 122 valence electrons. The van der Waals surface area contributed by atoms with Gasteiger partial charge in [0.2, 0.25) is 0 Å². The average molecular weight is 330 g/mol. The molecule has 0 aliphatic carbocycles. The molecule has 23 heavy (non-hydrogen) atoms. The highest BCUT2D eigenvalue weighted by Crippen LogP contribution is 2.37. The maximum absolute atomic E-state index is 12.3. The van der Waals surface area contributed by atoms with Crippen LogP contribution in [0, 0.1) is 0 Å². The number of carbonyl (C=O) groups excluding carboxylic acids is 1. The topological polar surface area (TPSA) is 55.6 Å². The summed E-state index contributed by atoms with van der Waals surface area (Å²) >= 11 is 1.58. The number of benzene rings is 1. The largest absolute Gasteiger partial charge is 0.463 e. The lowest BCUT2D eigenvalue weighted by molar-refractivity contribution is -0.139. The maximum Gasteiger partial charge on any atom is 0.336 e. The summed E-state index contributed by atoms with van der Waals surface area (Å²) in [7, 11) is 0. The van der Waals surface area contributed by atoms with E-state index in [4.69, 9.17) is 10.5 Å². The predicted molar refractivity (Wildman–Crippen MR) is 95.7 cm³/mol. The lowest BCUT2D eigenvalue weighted by atomic mass is 10.0. The zero-order valence-corrected chi connectivity index (χ0v) is 14.1. The lowest BCUT2D eigenvalue weighted by Gasteiger charge is -2.29. The van der Waals surface area contributed by atoms with Crippen molar-refractivity contribution in [2.24, 2.45) is 0 Å². The Bertz CT molecular complexity index is 631. The van der Waals surface area contributed by atoms with Crippen LogP contribution in [0.3, 0.4) is 0 Å². The molecule has 1 aromatic carbocycles. The van der Waals surface area contributed by atoms with E-state index in [0.717, 1.165) is 34.8 Å². The number of ether oxygens (including phenoxy) is 1. The van der Waals surface area contributed by atoms with Gasteiger partial charge in [-0.05, 0) is 62.0 Å². The highest BCUT2D eigenvalue weighted by Gasteiger charge is 2.31. The number of nitrogens with zero attached hydrogens (tertiary/aromatic N) is 1. The van der Waals surface area contributed by atoms with Gasteiger partial charge >= 0.3 is 5.97 Å². The van der Waals surface area contributed by atoms with Crippen molar-refractivity contribution < 1.29 is 9.53 Å². The molecular weight excluding hydrogens is 308 g/mol. The zero-order chi connectivity index (χ0) is 16.2. The van der Waals surface area contributed by atoms with Crippen LogP contribution in [0.25, 0.3) is 4.91 Å². The van der Waals surface area contributed by atoms with Gasteiger partial charge in [0, 0.05) is 10.6 Å². The number of nitrogens with two attached hydrogens (primary N) is 1. The van der Waals surface area contributed by atoms with Crippen LogP contribution in [0.4, 0.5) is 5.69 Å². The smallest absolute Gasteiger partial charge is 0.336 e. The summed E-state index contributed by atoms with van der Waals surface area (Å²) in [5.74, 6) is -0.204. The molecular formula is C18H22N2O2S. The molecule has 2 N–H and O–H groups in total. The van der Waals surface area contributed by atoms with Crippen molar-refractivity contribution in [2.75, 3.05) is 25.4 Å². The molecule has 0 radical (unpaired) electrons. The quantitative estimate of drug-likeness (QED) is 0.678. The summed E-state index contributed by atoms with van der Waals surface area (Å²) in [6.45, 7) is 4.30. The molecule has 1 unspecified atom stereocenters. The van der Waals surface area contributed by atoms with E-state index >= 15 is 0 Å². The van der Waals surface area contributed by atoms with Gasteiger partial charge in [-0.1, -0.05) is 23.9 Å². The summed E-state index contributed by atoms with van der Waals surface area (Å²) < 4.78 is 5.23. The highest BCUT2D eigenvalue weighted by molar-refractivity contribution is 8.11. The van der Waals surface area contributed by atoms with E-state index in [1.54, 1.807) is 11.8 Å². The van der Waals surface area contributed by atoms with Crippen molar-refractivity contribution in [2.45, 2.75) is 25.8 Å². The highest BCUT2D eigenvalue weighted by atomic mass is 32.2. The molecule has 0 amide bonds. The molecule has 1 fully saturated rings. The Morgan fingerprint density at radius 2 is 2.00 bits per heavy atom. The van der Waals surface area contributed by atoms with Gasteiger partial charge in [-0.25, -0.2) is 4.79 Å². The van der Waals surface area contributed by atoms with Gasteiger partial charge in [-0.15, -0.1) is 0 Å². The molecule has 3 rings (SSSR count). The van der Waals surface area contributed by atoms with E-state index < -0.39 is 0 Å². The van der Waals surface area contributed by atoms with Crippen LogP contribution in [0.15, 0.2) is 41.3 Å². The number of anilines is 1. The number of hydrogen-bond donors (Lipinski definition) is 1. The molecule has 4 nitrogen and oxygen atoms in total. The van der Waals surface area contributed by atoms with Gasteiger partial charge in [0.25, 0.3) is 0 Å². The van der Waals surface area contributed by atoms with Gasteiger partial charge in [0.05, 0.1) is 18.2 Å². The van der Waals surface area contributed by atoms with Gasteiger partial charge in [-0.3, -0.25) is 4.90 Å². The van der Waals surface area contributed by atoms with Crippen LogP contribution in [-0.4, -0.2) is 36.6 Å². The summed E-state index contributed by atoms with van der Waals surface area (Å²) in [5, 5.41) is 1.95. The third-order valence-electron chi connectivity index (χ3n) is 4.18. The second-order valence-corrected chi connectivity index (χ2v) is 6.66. The van der Waals surface area contributed by atoms with Crippen molar-refractivity contribution in [1.82, 2.24) is 4.90 Å². The van der Waals surface area contributed by atoms with E-state index in [-0.39, 0.29) is 12.0 Å². The standard InChI is InChI=1S/C18H22N2O2S/c1-2-22-18(21)15-12-23-17(13-5-7-14(19)8-6-13)11-16(15)20-9-3-4-10-20/h5-8,11-12,16H,2-4,9-10,19H2,1H3. The minimum atomic E-state index is -0.204. The molecule has 1 saturated heterocycles. The number of esters is 1. The molecule has 0 aromatic heterocycles. The lowest BCUT2D eigenvalue weighted by Crippen LogP contribution is -2.36. The van der Waals surface area contributed by atoms with Crippen LogP contribution < -0.4 is 5.73 Å². The van der Waals surface area contributed by atoms with Crippen LogP contribution in [0.5, 0.6) is 0 Å². The van der Waals surface area contributed by atoms with Crippen LogP contribution in [-0.2, 0) is 9.53 Å². The average Bonchev–Trinajstić information content (AvgIpc) is 3.09. The Hall–Kier alpha value is -1.72. The summed E-state index contributed by atoms with van der Waals surface area (Å²) in [6.07, 6.45) is 4.56. The molecule has 0 spiro atoms. The van der Waals surface area contributed by atoms with Gasteiger partial charge in [0.15, 0.2) is 0 Å². The SMILES string of the molecule is CCOC(=O)C1=CSC(c2ccc(N)cc2)=CC1N1CCCC1. The second-order valence-electron chi connectivity index (χ2n) is 5.75. The minimum absolute atomic E-state index is 0.00496. The fourth-order valence-electron chi connectivity index (χ4n) is 2.99. The van der Waals surface area contributed by atoms with Gasteiger partial charge in [-0.2, -0.15) is 0 Å². The fourth-order valence-corrected chi connectivity index (χ4v) is 3.96. The first kappa shape index (κ1) is 16.1. The van der Waals surface area contributed by atoms with Crippen molar-refractivity contribution in [3.8, 4) is 0 Å². The summed E-state index contributed by atoms with van der Waals surface area (Å²) in [6, 6.07) is 7.88. The van der Waals surface area contributed by atoms with Gasteiger partial charge < -0.3 is 10.5 Å². The predicted octanol–water partition coefficient (Wildman–Crippen LogP) is 3.27. The molecule has 2 aliphatic rings. The van der Waals surface area contributed by atoms with E-state index in [0.29, 0.717) is 6.61 Å². The van der Waals surface area contributed by atoms with E-state index in [2.05, 4.69) is 11.0 Å². The number of thioether (sulfide) groups is 1. The molecule has 0 bridgehead atoms. The monoisotopic (exact) mass is 330 g/mol. The Morgan fingerprint density at radius 3 is 2.65 bits per heavy atom. The van der Waals surface area contributed by atoms with Crippen molar-refractivity contribution in [3.05, 3.63) is 46.9 Å². The third kappa shape index (κ3) is 3.62. The Kier molecular flexibility index (Phi) is 5.08. The normalized spacial score (nSPS) is 21.7. The Labute approximate surface area is 141 Å². The van der Waals surface area contributed by atoms with E-state index in [1.165, 1.54) is 12.8 Å². The Morgan fingerprint density at radius 1 is 1.30 bits per heavy atom. The molecule has 1 atom stereocenters. The first-order valence-corrected chi connectivity index (χ1v) is 8.92. The number of hydrogen-bond acceptors (Lipinski definition) is 5. The molecule has 2 heterocycles. The first-order chi connectivity index (χ1) is 11.2.